The number of nitrogens with one attached hydrogen (secondary N) is 1. The summed E-state index contributed by atoms with van der Waals surface area (Å²) in [6.07, 6.45) is 4.63. The van der Waals surface area contributed by atoms with E-state index in [4.69, 9.17) is 5.11 Å². The molecule has 2 N–H and O–H groups in total. The maximum atomic E-state index is 14.2. The number of piperidine rings is 1. The lowest BCUT2D eigenvalue weighted by atomic mass is 9.80. The topological polar surface area (TPSA) is 69.6 Å². The number of nitrogens with zero attached hydrogens (tertiary/aromatic N) is 1. The Kier molecular flexibility index (Phi) is 11.8. The summed E-state index contributed by atoms with van der Waals surface area (Å²) in [5, 5.41) is 15.0. The molecule has 0 radical (unpaired) electrons. The Labute approximate surface area is 237 Å². The molecule has 1 aliphatic heterocycles. The van der Waals surface area contributed by atoms with Crippen LogP contribution in [-0.2, 0) is 9.59 Å². The molecule has 7 heteroatoms. The van der Waals surface area contributed by atoms with Crippen LogP contribution in [-0.4, -0.2) is 41.5 Å². The summed E-state index contributed by atoms with van der Waals surface area (Å²) in [6, 6.07) is 21.8. The first kappa shape index (κ1) is 30.6. The molecule has 2 unspecified atom stereocenters. The average molecular weight is 555 g/mol. The number of unbranched alkanes of at least 4 members (excludes halogenated alkanes) is 3. The third-order valence-electron chi connectivity index (χ3n) is 7.89. The molecular formula is C32H40ClFN2O3. The highest BCUT2D eigenvalue weighted by molar-refractivity contribution is 5.86. The van der Waals surface area contributed by atoms with Crippen molar-refractivity contribution in [3.63, 3.8) is 0 Å². The largest absolute Gasteiger partial charge is 0.481 e. The van der Waals surface area contributed by atoms with Gasteiger partial charge in [0.1, 0.15) is 5.82 Å². The summed E-state index contributed by atoms with van der Waals surface area (Å²) < 4.78 is 14.2. The number of benzene rings is 3. The zero-order chi connectivity index (χ0) is 26.9. The maximum Gasteiger partial charge on any atom is 0.303 e. The predicted octanol–water partition coefficient (Wildman–Crippen LogP) is 7.11. The molecule has 210 valence electrons. The van der Waals surface area contributed by atoms with E-state index >= 15 is 0 Å². The monoisotopic (exact) mass is 554 g/mol. The van der Waals surface area contributed by atoms with Crippen molar-refractivity contribution in [2.75, 3.05) is 19.6 Å². The van der Waals surface area contributed by atoms with E-state index in [1.807, 2.05) is 11.0 Å². The number of hydrogen-bond donors (Lipinski definition) is 2. The molecule has 1 heterocycles. The van der Waals surface area contributed by atoms with E-state index in [1.165, 1.54) is 22.4 Å². The molecule has 39 heavy (non-hydrogen) atoms. The Morgan fingerprint density at radius 1 is 1.00 bits per heavy atom. The first-order valence-corrected chi connectivity index (χ1v) is 13.9. The van der Waals surface area contributed by atoms with Gasteiger partial charge in [-0.2, -0.15) is 0 Å². The van der Waals surface area contributed by atoms with E-state index in [1.54, 1.807) is 12.1 Å². The first-order valence-electron chi connectivity index (χ1n) is 13.9. The van der Waals surface area contributed by atoms with Crippen molar-refractivity contribution >= 4 is 35.1 Å². The number of carboxylic acid groups (broad SMARTS) is 1. The molecule has 1 fully saturated rings. The number of amides is 1. The van der Waals surface area contributed by atoms with Crippen LogP contribution >= 0.6 is 12.4 Å². The van der Waals surface area contributed by atoms with Crippen molar-refractivity contribution in [2.45, 2.75) is 63.8 Å². The minimum Gasteiger partial charge on any atom is -0.481 e. The molecule has 5 nitrogen and oxygen atoms in total. The fourth-order valence-corrected chi connectivity index (χ4v) is 5.72. The molecule has 1 amide bonds. The Morgan fingerprint density at radius 2 is 1.72 bits per heavy atom. The Bertz CT molecular complexity index is 1230. The van der Waals surface area contributed by atoms with Gasteiger partial charge in [-0.1, -0.05) is 67.4 Å². The molecule has 0 aliphatic carbocycles. The number of likely N-dealkylation sites (tertiary alicyclic amines) is 1. The second-order valence-electron chi connectivity index (χ2n) is 10.6. The van der Waals surface area contributed by atoms with E-state index in [0.29, 0.717) is 25.9 Å². The fraction of sp³-hybridized carbons (Fsp3) is 0.438. The molecule has 1 aliphatic rings. The van der Waals surface area contributed by atoms with Crippen LogP contribution in [0.1, 0.15) is 75.0 Å². The highest BCUT2D eigenvalue weighted by Crippen LogP contribution is 2.34. The number of halogens is 2. The van der Waals surface area contributed by atoms with Gasteiger partial charge in [-0.25, -0.2) is 4.39 Å². The van der Waals surface area contributed by atoms with Crippen LogP contribution in [0.2, 0.25) is 0 Å². The Balaban J connectivity index is 0.00000420. The molecule has 0 aromatic heterocycles. The molecule has 0 bridgehead atoms. The van der Waals surface area contributed by atoms with Crippen molar-refractivity contribution in [1.29, 1.82) is 0 Å². The third kappa shape index (κ3) is 8.51. The SMILES string of the molecule is C[C@@H](NCC1CCN(C(=O)CCCCCCC(=O)O)CC1c1cccc(F)c1)c1cccc2ccccc12.Cl. The smallest absolute Gasteiger partial charge is 0.303 e. The van der Waals surface area contributed by atoms with Crippen molar-refractivity contribution in [3.8, 4) is 0 Å². The van der Waals surface area contributed by atoms with E-state index < -0.39 is 5.97 Å². The summed E-state index contributed by atoms with van der Waals surface area (Å²) >= 11 is 0. The van der Waals surface area contributed by atoms with Crippen LogP contribution in [0.3, 0.4) is 0 Å². The lowest BCUT2D eigenvalue weighted by Crippen LogP contribution is -2.45. The summed E-state index contributed by atoms with van der Waals surface area (Å²) in [5.41, 5.74) is 2.21. The van der Waals surface area contributed by atoms with E-state index in [0.717, 1.165) is 37.8 Å². The average Bonchev–Trinajstić information content (AvgIpc) is 2.93. The highest BCUT2D eigenvalue weighted by Gasteiger charge is 2.32. The minimum absolute atomic E-state index is 0. The van der Waals surface area contributed by atoms with E-state index in [9.17, 15) is 14.0 Å². The molecule has 0 spiro atoms. The number of carbonyl (C=O) groups excluding carboxylic acids is 1. The maximum absolute atomic E-state index is 14.2. The van der Waals surface area contributed by atoms with Gasteiger partial charge in [0.25, 0.3) is 0 Å². The van der Waals surface area contributed by atoms with Gasteiger partial charge >= 0.3 is 5.97 Å². The number of hydrogen-bond acceptors (Lipinski definition) is 3. The second-order valence-corrected chi connectivity index (χ2v) is 10.6. The normalized spacial score (nSPS) is 17.9. The van der Waals surface area contributed by atoms with Gasteiger partial charge < -0.3 is 15.3 Å². The molecule has 1 saturated heterocycles. The van der Waals surface area contributed by atoms with Gasteiger partial charge in [-0.15, -0.1) is 12.4 Å². The number of carbonyl (C=O) groups is 2. The van der Waals surface area contributed by atoms with Crippen LogP contribution in [0.4, 0.5) is 4.39 Å². The second kappa shape index (κ2) is 15.0. The van der Waals surface area contributed by atoms with Crippen LogP contribution in [0, 0.1) is 11.7 Å². The lowest BCUT2D eigenvalue weighted by molar-refractivity contribution is -0.137. The summed E-state index contributed by atoms with van der Waals surface area (Å²) in [5.74, 6) is -0.530. The standard InChI is InChI=1S/C32H39FN2O3.ClH/c1-23(28-15-9-11-24-10-6-7-14-29(24)28)34-21-26-18-19-35(22-30(26)25-12-8-13-27(33)20-25)31(36)16-4-2-3-5-17-32(37)38;/h6-15,20,23,26,30,34H,2-5,16-19,21-22H2,1H3,(H,37,38);1H/t23-,26?,30?;/m1./s1. The number of rotatable bonds is 12. The van der Waals surface area contributed by atoms with Crippen molar-refractivity contribution in [3.05, 3.63) is 83.7 Å². The summed E-state index contributed by atoms with van der Waals surface area (Å²) in [7, 11) is 0. The van der Waals surface area contributed by atoms with Crippen LogP contribution in [0.25, 0.3) is 10.8 Å². The van der Waals surface area contributed by atoms with Gasteiger partial charge in [0.2, 0.25) is 5.91 Å². The molecule has 3 atom stereocenters. The minimum atomic E-state index is -0.770. The number of fused-ring (bicyclic) bond motifs is 1. The molecule has 3 aromatic rings. The number of aliphatic carboxylic acids is 1. The highest BCUT2D eigenvalue weighted by atomic mass is 35.5. The summed E-state index contributed by atoms with van der Waals surface area (Å²) in [4.78, 5) is 25.6. The van der Waals surface area contributed by atoms with Gasteiger partial charge in [-0.3, -0.25) is 9.59 Å². The zero-order valence-electron chi connectivity index (χ0n) is 22.7. The van der Waals surface area contributed by atoms with E-state index in [-0.39, 0.29) is 48.4 Å². The fourth-order valence-electron chi connectivity index (χ4n) is 5.72. The van der Waals surface area contributed by atoms with Gasteiger partial charge in [0.05, 0.1) is 0 Å². The molecule has 4 rings (SSSR count). The van der Waals surface area contributed by atoms with Gasteiger partial charge in [0.15, 0.2) is 0 Å². The molecular weight excluding hydrogens is 515 g/mol. The van der Waals surface area contributed by atoms with Crippen LogP contribution in [0.5, 0.6) is 0 Å². The van der Waals surface area contributed by atoms with Crippen LogP contribution in [0.15, 0.2) is 66.7 Å². The van der Waals surface area contributed by atoms with Crippen molar-refractivity contribution in [1.82, 2.24) is 10.2 Å². The predicted molar refractivity (Wildman–Crippen MR) is 157 cm³/mol. The Hall–Kier alpha value is -2.96. The van der Waals surface area contributed by atoms with Crippen molar-refractivity contribution in [2.24, 2.45) is 5.92 Å². The van der Waals surface area contributed by atoms with Gasteiger partial charge in [-0.05, 0) is 72.7 Å². The van der Waals surface area contributed by atoms with Gasteiger partial charge in [0, 0.05) is 37.9 Å². The Morgan fingerprint density at radius 3 is 2.49 bits per heavy atom. The first-order chi connectivity index (χ1) is 18.4. The lowest BCUT2D eigenvalue weighted by Gasteiger charge is -2.39. The quantitative estimate of drug-likeness (QED) is 0.234. The summed E-state index contributed by atoms with van der Waals surface area (Å²) in [6.45, 7) is 4.28. The molecule has 0 saturated carbocycles. The van der Waals surface area contributed by atoms with E-state index in [2.05, 4.69) is 54.7 Å². The third-order valence-corrected chi connectivity index (χ3v) is 7.89. The van der Waals surface area contributed by atoms with Crippen molar-refractivity contribution < 1.29 is 19.1 Å². The molecule has 3 aromatic carbocycles. The zero-order valence-corrected chi connectivity index (χ0v) is 23.5. The van der Waals surface area contributed by atoms with Crippen LogP contribution < -0.4 is 5.32 Å². The number of carboxylic acids is 1.